The number of nitrogens with zero attached hydrogens (tertiary/aromatic N) is 1. The number of anilines is 1. The van der Waals surface area contributed by atoms with Gasteiger partial charge in [0.15, 0.2) is 0 Å². The first kappa shape index (κ1) is 14.7. The van der Waals surface area contributed by atoms with E-state index in [0.717, 1.165) is 0 Å². The molecule has 0 radical (unpaired) electrons. The monoisotopic (exact) mass is 269 g/mol. The lowest BCUT2D eigenvalue weighted by Crippen LogP contribution is -2.29. The van der Waals surface area contributed by atoms with Gasteiger partial charge in [0.05, 0.1) is 10.6 Å². The van der Waals surface area contributed by atoms with E-state index in [-0.39, 0.29) is 28.1 Å². The lowest BCUT2D eigenvalue weighted by Gasteiger charge is -2.20. The molecule has 0 aliphatic carbocycles. The molecule has 0 aromatic heterocycles. The van der Waals surface area contributed by atoms with Crippen LogP contribution in [0.2, 0.25) is 0 Å². The second-order valence-corrected chi connectivity index (χ2v) is 6.42. The summed E-state index contributed by atoms with van der Waals surface area (Å²) in [7, 11) is -0.0693. The van der Waals surface area contributed by atoms with Crippen LogP contribution in [0.15, 0.2) is 29.2 Å². The average Bonchev–Trinajstić information content (AvgIpc) is 2.28. The van der Waals surface area contributed by atoms with Crippen molar-refractivity contribution in [2.75, 3.05) is 19.8 Å². The van der Waals surface area contributed by atoms with Gasteiger partial charge in [-0.2, -0.15) is 0 Å². The van der Waals surface area contributed by atoms with Gasteiger partial charge in [0.1, 0.15) is 5.04 Å². The zero-order valence-electron chi connectivity index (χ0n) is 10.8. The predicted molar refractivity (Wildman–Crippen MR) is 73.5 cm³/mol. The lowest BCUT2D eigenvalue weighted by molar-refractivity contribution is 0.322. The van der Waals surface area contributed by atoms with Crippen molar-refractivity contribution < 1.29 is 8.42 Å². The second-order valence-electron chi connectivity index (χ2n) is 4.48. The number of nitrogens with two attached hydrogens (primary N) is 1. The molecule has 0 heterocycles. The van der Waals surface area contributed by atoms with Crippen LogP contribution in [0.1, 0.15) is 13.3 Å². The Bertz CT molecular complexity index is 538. The predicted octanol–water partition coefficient (Wildman–Crippen LogP) is 1.36. The number of hydrogen-bond acceptors (Lipinski definition) is 5. The van der Waals surface area contributed by atoms with E-state index in [1.807, 2.05) is 25.9 Å². The largest absolute Gasteiger partial charge is 0.398 e. The fourth-order valence-corrected chi connectivity index (χ4v) is 2.78. The van der Waals surface area contributed by atoms with E-state index in [9.17, 15) is 8.42 Å². The summed E-state index contributed by atoms with van der Waals surface area (Å²) in [5.74, 6) is 0. The second kappa shape index (κ2) is 5.49. The normalized spacial score (nSPS) is 13.6. The fourth-order valence-electron chi connectivity index (χ4n) is 1.42. The van der Waals surface area contributed by atoms with Crippen LogP contribution >= 0.6 is 0 Å². The number of nitrogen functional groups attached to an aromatic ring is 1. The summed E-state index contributed by atoms with van der Waals surface area (Å²) in [5, 5.41) is 7.48. The highest BCUT2D eigenvalue weighted by Crippen LogP contribution is 2.21. The fraction of sp³-hybridized carbons (Fsp3) is 0.417. The van der Waals surface area contributed by atoms with Crippen molar-refractivity contribution in [3.63, 3.8) is 0 Å². The first-order valence-electron chi connectivity index (χ1n) is 5.60. The van der Waals surface area contributed by atoms with Crippen LogP contribution in [0, 0.1) is 5.41 Å². The molecule has 3 N–H and O–H groups in total. The summed E-state index contributed by atoms with van der Waals surface area (Å²) < 4.78 is 24.4. The van der Waals surface area contributed by atoms with E-state index in [0.29, 0.717) is 0 Å². The van der Waals surface area contributed by atoms with Crippen LogP contribution in [-0.2, 0) is 9.84 Å². The zero-order chi connectivity index (χ0) is 13.9. The van der Waals surface area contributed by atoms with Crippen molar-refractivity contribution in [1.82, 2.24) is 4.90 Å². The van der Waals surface area contributed by atoms with E-state index in [2.05, 4.69) is 0 Å². The van der Waals surface area contributed by atoms with E-state index in [1.54, 1.807) is 12.1 Å². The van der Waals surface area contributed by atoms with Gasteiger partial charge in [0, 0.05) is 12.5 Å². The Morgan fingerprint density at radius 3 is 2.44 bits per heavy atom. The Morgan fingerprint density at radius 1 is 1.39 bits per heavy atom. The Morgan fingerprint density at radius 2 is 1.94 bits per heavy atom. The summed E-state index contributed by atoms with van der Waals surface area (Å²) in [4.78, 5) is 1.89. The minimum Gasteiger partial charge on any atom is -0.398 e. The third-order valence-corrected chi connectivity index (χ3v) is 4.66. The molecule has 0 bridgehead atoms. The van der Waals surface area contributed by atoms with Gasteiger partial charge >= 0.3 is 0 Å². The van der Waals surface area contributed by atoms with Crippen molar-refractivity contribution >= 4 is 20.6 Å². The first-order valence-corrected chi connectivity index (χ1v) is 7.08. The molecule has 1 aromatic carbocycles. The molecular weight excluding hydrogens is 250 g/mol. The summed E-state index contributed by atoms with van der Waals surface area (Å²) in [6.07, 6.45) is 0.170. The molecular formula is C12H19N3O2S. The molecule has 0 saturated carbocycles. The van der Waals surface area contributed by atoms with Crippen molar-refractivity contribution in [3.8, 4) is 0 Å². The van der Waals surface area contributed by atoms with Crippen molar-refractivity contribution in [2.24, 2.45) is 0 Å². The van der Waals surface area contributed by atoms with Crippen molar-refractivity contribution in [1.29, 1.82) is 5.41 Å². The Kier molecular flexibility index (Phi) is 4.48. The molecule has 5 nitrogen and oxygen atoms in total. The average molecular weight is 269 g/mol. The molecule has 0 saturated heterocycles. The zero-order valence-corrected chi connectivity index (χ0v) is 11.7. The standard InChI is InChI=1S/C12H19N3O2S/c1-9(15(2)3)8-12(14)18(16,17)11-7-5-4-6-10(11)13/h4-7,9,14H,8,13H2,1-3H3/t9-/m0/s1. The van der Waals surface area contributed by atoms with Crippen LogP contribution < -0.4 is 5.73 Å². The van der Waals surface area contributed by atoms with Gasteiger partial charge in [0.25, 0.3) is 0 Å². The quantitative estimate of drug-likeness (QED) is 0.491. The maximum absolute atomic E-state index is 12.2. The number of benzene rings is 1. The maximum Gasteiger partial charge on any atom is 0.221 e. The van der Waals surface area contributed by atoms with Crippen LogP contribution in [-0.4, -0.2) is 38.5 Å². The molecule has 1 rings (SSSR count). The topological polar surface area (TPSA) is 87.2 Å². The Hall–Kier alpha value is -1.40. The number of sulfone groups is 1. The summed E-state index contributed by atoms with van der Waals surface area (Å²) in [5.41, 5.74) is 5.83. The minimum absolute atomic E-state index is 0.0148. The van der Waals surface area contributed by atoms with Crippen molar-refractivity contribution in [3.05, 3.63) is 24.3 Å². The third-order valence-electron chi connectivity index (χ3n) is 2.90. The van der Waals surface area contributed by atoms with Crippen LogP contribution in [0.3, 0.4) is 0 Å². The van der Waals surface area contributed by atoms with Gasteiger partial charge in [-0.25, -0.2) is 8.42 Å². The van der Waals surface area contributed by atoms with E-state index in [1.165, 1.54) is 12.1 Å². The van der Waals surface area contributed by atoms with Gasteiger partial charge in [-0.1, -0.05) is 12.1 Å². The van der Waals surface area contributed by atoms with Crippen LogP contribution in [0.4, 0.5) is 5.69 Å². The smallest absolute Gasteiger partial charge is 0.221 e. The van der Waals surface area contributed by atoms with Gasteiger partial charge < -0.3 is 10.6 Å². The highest BCUT2D eigenvalue weighted by atomic mass is 32.2. The maximum atomic E-state index is 12.2. The highest BCUT2D eigenvalue weighted by molar-refractivity contribution is 8.06. The molecule has 0 aliphatic heterocycles. The van der Waals surface area contributed by atoms with E-state index in [4.69, 9.17) is 11.1 Å². The molecule has 0 aliphatic rings. The molecule has 100 valence electrons. The summed E-state index contributed by atoms with van der Waals surface area (Å²) in [6.45, 7) is 1.87. The van der Waals surface area contributed by atoms with Crippen LogP contribution in [0.5, 0.6) is 0 Å². The molecule has 6 heteroatoms. The van der Waals surface area contributed by atoms with Crippen molar-refractivity contribution in [2.45, 2.75) is 24.3 Å². The van der Waals surface area contributed by atoms with E-state index < -0.39 is 9.84 Å². The minimum atomic E-state index is -3.77. The Labute approximate surface area is 108 Å². The van der Waals surface area contributed by atoms with Gasteiger partial charge in [-0.05, 0) is 33.2 Å². The number of hydrogen-bond donors (Lipinski definition) is 2. The Balaban J connectivity index is 3.02. The molecule has 0 spiro atoms. The molecule has 18 heavy (non-hydrogen) atoms. The SMILES string of the molecule is C[C@@H](CC(=N)S(=O)(=O)c1ccccc1N)N(C)C. The molecule has 0 fully saturated rings. The van der Waals surface area contributed by atoms with Gasteiger partial charge in [-0.3, -0.25) is 5.41 Å². The van der Waals surface area contributed by atoms with E-state index >= 15 is 0 Å². The molecule has 1 aromatic rings. The number of rotatable bonds is 4. The molecule has 1 atom stereocenters. The van der Waals surface area contributed by atoms with Crippen LogP contribution in [0.25, 0.3) is 0 Å². The summed E-state index contributed by atoms with van der Waals surface area (Å²) in [6, 6.07) is 6.21. The first-order chi connectivity index (χ1) is 8.26. The molecule has 0 amide bonds. The lowest BCUT2D eigenvalue weighted by atomic mass is 10.2. The number of para-hydroxylation sites is 1. The van der Waals surface area contributed by atoms with Gasteiger partial charge in [-0.15, -0.1) is 0 Å². The summed E-state index contributed by atoms with van der Waals surface area (Å²) >= 11 is 0. The molecule has 0 unspecified atom stereocenters. The van der Waals surface area contributed by atoms with Gasteiger partial charge in [0.2, 0.25) is 9.84 Å². The highest BCUT2D eigenvalue weighted by Gasteiger charge is 2.24. The number of nitrogens with one attached hydrogen (secondary N) is 1. The third kappa shape index (κ3) is 3.08.